The topological polar surface area (TPSA) is 36.5 Å². The second-order valence-electron chi connectivity index (χ2n) is 6.78. The van der Waals surface area contributed by atoms with E-state index in [1.54, 1.807) is 0 Å². The maximum atomic E-state index is 5.75. The summed E-state index contributed by atoms with van der Waals surface area (Å²) in [6.45, 7) is 9.92. The number of likely N-dealkylation sites (tertiary alicyclic amines) is 1. The highest BCUT2D eigenvalue weighted by atomic mass is 16.5. The molecule has 0 aromatic heterocycles. The minimum Gasteiger partial charge on any atom is -0.375 e. The lowest BCUT2D eigenvalue weighted by Crippen LogP contribution is -2.47. The molecular formula is C15H31N3O. The van der Waals surface area contributed by atoms with Crippen LogP contribution in [0.25, 0.3) is 0 Å². The fourth-order valence-electron chi connectivity index (χ4n) is 3.17. The summed E-state index contributed by atoms with van der Waals surface area (Å²) in [7, 11) is 2.21. The normalized spacial score (nSPS) is 29.5. The molecule has 2 saturated heterocycles. The molecule has 19 heavy (non-hydrogen) atoms. The van der Waals surface area contributed by atoms with Crippen molar-refractivity contribution >= 4 is 0 Å². The smallest absolute Gasteiger partial charge is 0.0641 e. The fourth-order valence-corrected chi connectivity index (χ4v) is 3.17. The molecule has 2 aliphatic heterocycles. The van der Waals surface area contributed by atoms with E-state index in [9.17, 15) is 0 Å². The monoisotopic (exact) mass is 269 g/mol. The molecule has 0 radical (unpaired) electrons. The molecule has 0 amide bonds. The number of rotatable bonds is 5. The van der Waals surface area contributed by atoms with Gasteiger partial charge < -0.3 is 20.3 Å². The molecule has 1 unspecified atom stereocenters. The van der Waals surface area contributed by atoms with E-state index in [0.29, 0.717) is 6.04 Å². The Morgan fingerprint density at radius 3 is 2.32 bits per heavy atom. The number of hydrogen-bond donors (Lipinski definition) is 2. The number of nitrogens with one attached hydrogen (secondary N) is 2. The summed E-state index contributed by atoms with van der Waals surface area (Å²) < 4.78 is 5.75. The lowest BCUT2D eigenvalue weighted by atomic mass is 9.94. The zero-order valence-electron chi connectivity index (χ0n) is 12.9. The summed E-state index contributed by atoms with van der Waals surface area (Å²) >= 11 is 0. The van der Waals surface area contributed by atoms with Crippen molar-refractivity contribution < 1.29 is 4.74 Å². The first kappa shape index (κ1) is 15.2. The maximum Gasteiger partial charge on any atom is 0.0641 e. The van der Waals surface area contributed by atoms with Crippen molar-refractivity contribution in [3.63, 3.8) is 0 Å². The van der Waals surface area contributed by atoms with Crippen LogP contribution in [0.3, 0.4) is 0 Å². The average Bonchev–Trinajstić information content (AvgIpc) is 2.36. The first-order chi connectivity index (χ1) is 9.05. The molecule has 1 atom stereocenters. The van der Waals surface area contributed by atoms with E-state index in [2.05, 4.69) is 36.4 Å². The molecule has 112 valence electrons. The quantitative estimate of drug-likeness (QED) is 0.736. The predicted molar refractivity (Wildman–Crippen MR) is 79.6 cm³/mol. The van der Waals surface area contributed by atoms with Crippen molar-refractivity contribution in [3.8, 4) is 0 Å². The van der Waals surface area contributed by atoms with Crippen LogP contribution in [0.5, 0.6) is 0 Å². The Kier molecular flexibility index (Phi) is 5.63. The molecule has 2 N–H and O–H groups in total. The predicted octanol–water partition coefficient (Wildman–Crippen LogP) is 1.22. The Bertz CT molecular complexity index is 262. The van der Waals surface area contributed by atoms with Crippen LogP contribution in [0.4, 0.5) is 0 Å². The maximum absolute atomic E-state index is 5.75. The zero-order chi connectivity index (χ0) is 13.7. The molecule has 2 fully saturated rings. The van der Waals surface area contributed by atoms with E-state index in [-0.39, 0.29) is 5.60 Å². The van der Waals surface area contributed by atoms with E-state index in [0.717, 1.165) is 38.6 Å². The Labute approximate surface area is 118 Å². The number of nitrogens with zero attached hydrogens (tertiary/aromatic N) is 1. The lowest BCUT2D eigenvalue weighted by Gasteiger charge is -2.36. The minimum atomic E-state index is 0.0529. The summed E-state index contributed by atoms with van der Waals surface area (Å²) in [5, 5.41) is 7.35. The van der Waals surface area contributed by atoms with Gasteiger partial charge in [-0.3, -0.25) is 0 Å². The molecule has 4 nitrogen and oxygen atoms in total. The summed E-state index contributed by atoms with van der Waals surface area (Å²) in [5.74, 6) is 0. The van der Waals surface area contributed by atoms with E-state index < -0.39 is 0 Å². The van der Waals surface area contributed by atoms with Gasteiger partial charge in [0.05, 0.1) is 5.60 Å². The molecule has 0 aromatic carbocycles. The van der Waals surface area contributed by atoms with Gasteiger partial charge in [0.1, 0.15) is 0 Å². The van der Waals surface area contributed by atoms with Crippen molar-refractivity contribution in [2.45, 2.75) is 57.2 Å². The second-order valence-corrected chi connectivity index (χ2v) is 6.78. The van der Waals surface area contributed by atoms with Gasteiger partial charge >= 0.3 is 0 Å². The van der Waals surface area contributed by atoms with Gasteiger partial charge in [-0.25, -0.2) is 0 Å². The van der Waals surface area contributed by atoms with Crippen LogP contribution in [0.2, 0.25) is 0 Å². The van der Waals surface area contributed by atoms with E-state index in [1.165, 1.54) is 25.9 Å². The first-order valence-corrected chi connectivity index (χ1v) is 7.84. The largest absolute Gasteiger partial charge is 0.375 e. The van der Waals surface area contributed by atoms with Crippen molar-refractivity contribution in [2.24, 2.45) is 0 Å². The molecular weight excluding hydrogens is 238 g/mol. The molecule has 0 saturated carbocycles. The Hall–Kier alpha value is -0.160. The second kappa shape index (κ2) is 7.02. The molecule has 0 aliphatic carbocycles. The average molecular weight is 269 g/mol. The fraction of sp³-hybridized carbons (Fsp3) is 1.00. The highest BCUT2D eigenvalue weighted by Crippen LogP contribution is 2.23. The summed E-state index contributed by atoms with van der Waals surface area (Å²) in [6.07, 6.45) is 4.86. The van der Waals surface area contributed by atoms with Crippen LogP contribution < -0.4 is 10.6 Å². The molecule has 2 aliphatic rings. The van der Waals surface area contributed by atoms with Gasteiger partial charge in [-0.05, 0) is 59.7 Å². The minimum absolute atomic E-state index is 0.0529. The van der Waals surface area contributed by atoms with E-state index in [1.807, 2.05) is 0 Å². The van der Waals surface area contributed by atoms with Crippen LogP contribution >= 0.6 is 0 Å². The van der Waals surface area contributed by atoms with Crippen molar-refractivity contribution in [2.75, 3.05) is 39.8 Å². The Morgan fingerprint density at radius 1 is 1.05 bits per heavy atom. The molecule has 0 bridgehead atoms. The first-order valence-electron chi connectivity index (χ1n) is 7.84. The highest BCUT2D eigenvalue weighted by molar-refractivity contribution is 4.83. The third kappa shape index (κ3) is 5.38. The van der Waals surface area contributed by atoms with Crippen molar-refractivity contribution in [1.29, 1.82) is 0 Å². The molecule has 0 aromatic rings. The van der Waals surface area contributed by atoms with Crippen LogP contribution in [0, 0.1) is 0 Å². The van der Waals surface area contributed by atoms with E-state index in [4.69, 9.17) is 4.74 Å². The molecule has 2 heterocycles. The summed E-state index contributed by atoms with van der Waals surface area (Å²) in [4.78, 5) is 2.42. The Morgan fingerprint density at radius 2 is 1.68 bits per heavy atom. The van der Waals surface area contributed by atoms with Gasteiger partial charge in [0, 0.05) is 31.8 Å². The molecule has 2 rings (SSSR count). The van der Waals surface area contributed by atoms with Gasteiger partial charge in [0.25, 0.3) is 0 Å². The number of piperidine rings is 1. The molecule has 4 heteroatoms. The highest BCUT2D eigenvalue weighted by Gasteiger charge is 2.28. The van der Waals surface area contributed by atoms with Gasteiger partial charge in [-0.15, -0.1) is 0 Å². The van der Waals surface area contributed by atoms with Gasteiger partial charge in [-0.2, -0.15) is 0 Å². The standard InChI is InChI=1S/C15H31N3O/c1-15(2)12-14(6-11-19-15)17-8-7-16-13-4-9-18(3)10-5-13/h13-14,16-17H,4-12H2,1-3H3. The number of hydrogen-bond acceptors (Lipinski definition) is 4. The van der Waals surface area contributed by atoms with Crippen molar-refractivity contribution in [1.82, 2.24) is 15.5 Å². The van der Waals surface area contributed by atoms with Crippen LogP contribution in [-0.2, 0) is 4.74 Å². The lowest BCUT2D eigenvalue weighted by molar-refractivity contribution is -0.0627. The van der Waals surface area contributed by atoms with Crippen LogP contribution in [-0.4, -0.2) is 62.4 Å². The molecule has 0 spiro atoms. The SMILES string of the molecule is CN1CCC(NCCNC2CCOC(C)(C)C2)CC1. The Balaban J connectivity index is 1.54. The summed E-state index contributed by atoms with van der Waals surface area (Å²) in [5.41, 5.74) is 0.0529. The van der Waals surface area contributed by atoms with Crippen molar-refractivity contribution in [3.05, 3.63) is 0 Å². The summed E-state index contributed by atoms with van der Waals surface area (Å²) in [6, 6.07) is 1.35. The van der Waals surface area contributed by atoms with Gasteiger partial charge in [0.15, 0.2) is 0 Å². The van der Waals surface area contributed by atoms with Crippen LogP contribution in [0.15, 0.2) is 0 Å². The van der Waals surface area contributed by atoms with E-state index >= 15 is 0 Å². The number of ether oxygens (including phenoxy) is 1. The third-order valence-electron chi connectivity index (χ3n) is 4.41. The van der Waals surface area contributed by atoms with Gasteiger partial charge in [-0.1, -0.05) is 0 Å². The third-order valence-corrected chi connectivity index (χ3v) is 4.41. The van der Waals surface area contributed by atoms with Gasteiger partial charge in [0.2, 0.25) is 0 Å². The zero-order valence-corrected chi connectivity index (χ0v) is 12.9. The van der Waals surface area contributed by atoms with Crippen LogP contribution in [0.1, 0.15) is 39.5 Å².